The fourth-order valence-corrected chi connectivity index (χ4v) is 3.34. The molecule has 0 radical (unpaired) electrons. The molecule has 1 aliphatic heterocycles. The van der Waals surface area contributed by atoms with Gasteiger partial charge < -0.3 is 9.80 Å². The lowest BCUT2D eigenvalue weighted by Gasteiger charge is -2.35. The first-order chi connectivity index (χ1) is 14.2. The van der Waals surface area contributed by atoms with Gasteiger partial charge in [0.2, 0.25) is 5.91 Å². The molecule has 0 atom stereocenters. The topological polar surface area (TPSA) is 54.3 Å². The van der Waals surface area contributed by atoms with E-state index < -0.39 is 0 Å². The average molecular weight is 391 g/mol. The van der Waals surface area contributed by atoms with Crippen molar-refractivity contribution < 1.29 is 9.18 Å². The molecule has 2 heterocycles. The Morgan fingerprint density at radius 2 is 1.72 bits per heavy atom. The zero-order valence-corrected chi connectivity index (χ0v) is 16.0. The van der Waals surface area contributed by atoms with Crippen molar-refractivity contribution in [2.75, 3.05) is 31.1 Å². The summed E-state index contributed by atoms with van der Waals surface area (Å²) in [6.45, 7) is 3.33. The molecular formula is C22H22FN5O. The molecule has 0 aliphatic carbocycles. The minimum absolute atomic E-state index is 0.0404. The van der Waals surface area contributed by atoms with Crippen LogP contribution in [0.25, 0.3) is 6.08 Å². The predicted molar refractivity (Wildman–Crippen MR) is 110 cm³/mol. The van der Waals surface area contributed by atoms with Crippen molar-refractivity contribution in [1.82, 2.24) is 19.9 Å². The fourth-order valence-electron chi connectivity index (χ4n) is 3.34. The van der Waals surface area contributed by atoms with Crippen LogP contribution in [0.3, 0.4) is 0 Å². The van der Waals surface area contributed by atoms with Crippen molar-refractivity contribution in [3.05, 3.63) is 83.9 Å². The quantitative estimate of drug-likeness (QED) is 0.628. The average Bonchev–Trinajstić information content (AvgIpc) is 3.21. The van der Waals surface area contributed by atoms with Crippen molar-refractivity contribution in [2.45, 2.75) is 6.54 Å². The smallest absolute Gasteiger partial charge is 0.246 e. The number of carbonyl (C=O) groups excluding carboxylic acids is 1. The Morgan fingerprint density at radius 3 is 2.45 bits per heavy atom. The van der Waals surface area contributed by atoms with Crippen LogP contribution in [0.5, 0.6) is 0 Å². The van der Waals surface area contributed by atoms with Crippen LogP contribution in [0.4, 0.5) is 10.1 Å². The zero-order valence-electron chi connectivity index (χ0n) is 16.0. The third kappa shape index (κ3) is 4.87. The molecule has 2 aromatic carbocycles. The number of benzene rings is 2. The Bertz CT molecular complexity index is 976. The van der Waals surface area contributed by atoms with Crippen LogP contribution in [0.1, 0.15) is 11.3 Å². The maximum atomic E-state index is 13.1. The lowest BCUT2D eigenvalue weighted by atomic mass is 10.2. The van der Waals surface area contributed by atoms with E-state index in [1.807, 2.05) is 41.4 Å². The van der Waals surface area contributed by atoms with Crippen LogP contribution in [0, 0.1) is 5.82 Å². The highest BCUT2D eigenvalue weighted by molar-refractivity contribution is 5.91. The number of aromatic nitrogens is 3. The second-order valence-corrected chi connectivity index (χ2v) is 6.95. The highest BCUT2D eigenvalue weighted by Gasteiger charge is 2.19. The van der Waals surface area contributed by atoms with Gasteiger partial charge in [-0.2, -0.15) is 0 Å². The van der Waals surface area contributed by atoms with Gasteiger partial charge in [0.25, 0.3) is 0 Å². The van der Waals surface area contributed by atoms with Gasteiger partial charge >= 0.3 is 0 Å². The first kappa shape index (κ1) is 18.9. The summed E-state index contributed by atoms with van der Waals surface area (Å²) in [7, 11) is 0. The van der Waals surface area contributed by atoms with Gasteiger partial charge in [-0.05, 0) is 35.9 Å². The van der Waals surface area contributed by atoms with Crippen LogP contribution in [0.15, 0.2) is 66.9 Å². The number of nitrogens with zero attached hydrogens (tertiary/aromatic N) is 5. The van der Waals surface area contributed by atoms with Crippen molar-refractivity contribution in [2.24, 2.45) is 0 Å². The maximum Gasteiger partial charge on any atom is 0.246 e. The van der Waals surface area contributed by atoms with Gasteiger partial charge in [0, 0.05) is 37.9 Å². The van der Waals surface area contributed by atoms with Crippen LogP contribution in [-0.4, -0.2) is 52.0 Å². The third-order valence-corrected chi connectivity index (χ3v) is 4.92. The summed E-state index contributed by atoms with van der Waals surface area (Å²) in [5, 5.41) is 8.21. The minimum atomic E-state index is -0.242. The lowest BCUT2D eigenvalue weighted by Crippen LogP contribution is -2.48. The molecule has 0 spiro atoms. The summed E-state index contributed by atoms with van der Waals surface area (Å²) in [6.07, 6.45) is 5.07. The van der Waals surface area contributed by atoms with Crippen LogP contribution < -0.4 is 4.90 Å². The minimum Gasteiger partial charge on any atom is -0.368 e. The second kappa shape index (κ2) is 8.68. The largest absolute Gasteiger partial charge is 0.368 e. The molecule has 1 fully saturated rings. The standard InChI is InChI=1S/C22H22FN5O/c23-19-6-9-21(10-7-19)26-12-14-27(15-13-26)22(29)11-8-20-17-28(25-24-20)16-18-4-2-1-3-5-18/h1-11,17H,12-16H2/b11-8+. The molecule has 6 nitrogen and oxygen atoms in total. The molecule has 1 amide bonds. The van der Waals surface area contributed by atoms with E-state index in [1.54, 1.807) is 29.0 Å². The lowest BCUT2D eigenvalue weighted by molar-refractivity contribution is -0.126. The summed E-state index contributed by atoms with van der Waals surface area (Å²) in [4.78, 5) is 16.4. The molecule has 0 N–H and O–H groups in total. The summed E-state index contributed by atoms with van der Waals surface area (Å²) >= 11 is 0. The van der Waals surface area contributed by atoms with Crippen molar-refractivity contribution in [1.29, 1.82) is 0 Å². The number of halogens is 1. The van der Waals surface area contributed by atoms with Gasteiger partial charge in [-0.15, -0.1) is 5.10 Å². The Labute approximate surface area is 168 Å². The van der Waals surface area contributed by atoms with Crippen molar-refractivity contribution in [3.63, 3.8) is 0 Å². The molecule has 148 valence electrons. The molecular weight excluding hydrogens is 369 g/mol. The van der Waals surface area contributed by atoms with E-state index >= 15 is 0 Å². The Kier molecular flexibility index (Phi) is 5.65. The third-order valence-electron chi connectivity index (χ3n) is 4.92. The SMILES string of the molecule is O=C(/C=C/c1cn(Cc2ccccc2)nn1)N1CCN(c2ccc(F)cc2)CC1. The van der Waals surface area contributed by atoms with Gasteiger partial charge in [0.15, 0.2) is 0 Å². The Hall–Kier alpha value is -3.48. The van der Waals surface area contributed by atoms with E-state index in [0.717, 1.165) is 24.3 Å². The van der Waals surface area contributed by atoms with E-state index in [1.165, 1.54) is 12.1 Å². The van der Waals surface area contributed by atoms with Crippen LogP contribution >= 0.6 is 0 Å². The highest BCUT2D eigenvalue weighted by Crippen LogP contribution is 2.17. The maximum absolute atomic E-state index is 13.1. The Morgan fingerprint density at radius 1 is 1.00 bits per heavy atom. The van der Waals surface area contributed by atoms with E-state index in [2.05, 4.69) is 15.2 Å². The predicted octanol–water partition coefficient (Wildman–Crippen LogP) is 2.83. The van der Waals surface area contributed by atoms with Gasteiger partial charge in [-0.25, -0.2) is 9.07 Å². The van der Waals surface area contributed by atoms with E-state index in [0.29, 0.717) is 25.3 Å². The number of anilines is 1. The van der Waals surface area contributed by atoms with Gasteiger partial charge in [-0.3, -0.25) is 4.79 Å². The highest BCUT2D eigenvalue weighted by atomic mass is 19.1. The number of carbonyl (C=O) groups is 1. The number of piperazine rings is 1. The summed E-state index contributed by atoms with van der Waals surface area (Å²) in [5.74, 6) is -0.283. The number of hydrogen-bond acceptors (Lipinski definition) is 4. The summed E-state index contributed by atoms with van der Waals surface area (Å²) < 4.78 is 14.8. The van der Waals surface area contributed by atoms with Gasteiger partial charge in [-0.1, -0.05) is 35.5 Å². The van der Waals surface area contributed by atoms with Crippen LogP contribution in [0.2, 0.25) is 0 Å². The normalized spacial score (nSPS) is 14.5. The first-order valence-electron chi connectivity index (χ1n) is 9.59. The summed E-state index contributed by atoms with van der Waals surface area (Å²) in [5.41, 5.74) is 2.77. The van der Waals surface area contributed by atoms with E-state index in [9.17, 15) is 9.18 Å². The number of rotatable bonds is 5. The van der Waals surface area contributed by atoms with Crippen molar-refractivity contribution in [3.8, 4) is 0 Å². The molecule has 1 saturated heterocycles. The first-order valence-corrected chi connectivity index (χ1v) is 9.59. The number of hydrogen-bond donors (Lipinski definition) is 0. The molecule has 29 heavy (non-hydrogen) atoms. The molecule has 3 aromatic rings. The molecule has 4 rings (SSSR count). The monoisotopic (exact) mass is 391 g/mol. The zero-order chi connectivity index (χ0) is 20.1. The molecule has 0 saturated carbocycles. The molecule has 1 aromatic heterocycles. The molecule has 7 heteroatoms. The van der Waals surface area contributed by atoms with Gasteiger partial charge in [0.05, 0.1) is 12.7 Å². The molecule has 0 unspecified atom stereocenters. The van der Waals surface area contributed by atoms with Crippen molar-refractivity contribution >= 4 is 17.7 Å². The molecule has 1 aliphatic rings. The van der Waals surface area contributed by atoms with E-state index in [-0.39, 0.29) is 11.7 Å². The summed E-state index contributed by atoms with van der Waals surface area (Å²) in [6, 6.07) is 16.5. The van der Waals surface area contributed by atoms with Crippen LogP contribution in [-0.2, 0) is 11.3 Å². The van der Waals surface area contributed by atoms with E-state index in [4.69, 9.17) is 0 Å². The molecule has 0 bridgehead atoms. The second-order valence-electron chi connectivity index (χ2n) is 6.95. The Balaban J connectivity index is 1.29. The fraction of sp³-hybridized carbons (Fsp3) is 0.227. The van der Waals surface area contributed by atoms with Gasteiger partial charge in [0.1, 0.15) is 11.5 Å². The number of amides is 1.